The van der Waals surface area contributed by atoms with Crippen LogP contribution in [0.5, 0.6) is 0 Å². The summed E-state index contributed by atoms with van der Waals surface area (Å²) in [5.41, 5.74) is 12.3. The van der Waals surface area contributed by atoms with Crippen LogP contribution in [-0.2, 0) is 40.0 Å². The second kappa shape index (κ2) is 12.8. The molecule has 9 nitrogen and oxygen atoms in total. The molecule has 0 bridgehead atoms. The van der Waals surface area contributed by atoms with Gasteiger partial charge in [-0.1, -0.05) is 58.0 Å². The first-order valence-electron chi connectivity index (χ1n) is 10.1. The number of hydrogen-bond acceptors (Lipinski definition) is 9. The topological polar surface area (TPSA) is 148 Å². The third-order valence-electron chi connectivity index (χ3n) is 4.61. The van der Waals surface area contributed by atoms with Crippen molar-refractivity contribution in [1.29, 1.82) is 0 Å². The van der Waals surface area contributed by atoms with Gasteiger partial charge in [-0.3, -0.25) is 19.2 Å². The van der Waals surface area contributed by atoms with Crippen molar-refractivity contribution in [1.82, 2.24) is 0 Å². The standard InChI is InChI=1S/C22H32N2O7/c1-13(2)19(23)21(27)30-16(17(11-25)31-22(28)20(24)14(3)4)10-18(26)29-12-15-8-6-5-7-9-15/h5-9,11,13-14,16-17,19-20H,10,12,23-24H2,1-4H3/t16?,17?,19-,20-/m0/s1. The average Bonchev–Trinajstić information content (AvgIpc) is 2.74. The maximum atomic E-state index is 12.3. The molecule has 0 saturated heterocycles. The first-order valence-corrected chi connectivity index (χ1v) is 10.1. The number of rotatable bonds is 12. The van der Waals surface area contributed by atoms with Crippen molar-refractivity contribution in [2.45, 2.75) is 65.0 Å². The van der Waals surface area contributed by atoms with Crippen molar-refractivity contribution in [2.24, 2.45) is 23.3 Å². The maximum absolute atomic E-state index is 12.3. The predicted octanol–water partition coefficient (Wildman–Crippen LogP) is 1.11. The molecule has 4 N–H and O–H groups in total. The fraction of sp³-hybridized carbons (Fsp3) is 0.545. The van der Waals surface area contributed by atoms with E-state index in [4.69, 9.17) is 25.7 Å². The molecule has 0 aliphatic rings. The summed E-state index contributed by atoms with van der Waals surface area (Å²) >= 11 is 0. The largest absolute Gasteiger partial charge is 0.461 e. The molecule has 9 heteroatoms. The minimum atomic E-state index is -1.54. The van der Waals surface area contributed by atoms with Gasteiger partial charge in [0.2, 0.25) is 0 Å². The minimum absolute atomic E-state index is 0.00435. The monoisotopic (exact) mass is 436 g/mol. The molecular weight excluding hydrogens is 404 g/mol. The maximum Gasteiger partial charge on any atom is 0.324 e. The molecule has 0 fully saturated rings. The quantitative estimate of drug-likeness (QED) is 0.279. The zero-order valence-corrected chi connectivity index (χ0v) is 18.4. The van der Waals surface area contributed by atoms with Crippen LogP contribution in [0.3, 0.4) is 0 Å². The summed E-state index contributed by atoms with van der Waals surface area (Å²) in [6, 6.07) is 6.99. The van der Waals surface area contributed by atoms with Crippen molar-refractivity contribution in [3.05, 3.63) is 35.9 Å². The Bertz CT molecular complexity index is 737. The summed E-state index contributed by atoms with van der Waals surface area (Å²) in [5, 5.41) is 0. The summed E-state index contributed by atoms with van der Waals surface area (Å²) in [7, 11) is 0. The molecule has 0 amide bonds. The van der Waals surface area contributed by atoms with E-state index in [1.54, 1.807) is 52.0 Å². The lowest BCUT2D eigenvalue weighted by Crippen LogP contribution is -2.46. The van der Waals surface area contributed by atoms with E-state index >= 15 is 0 Å². The van der Waals surface area contributed by atoms with Gasteiger partial charge in [0.15, 0.2) is 18.5 Å². The minimum Gasteiger partial charge on any atom is -0.461 e. The number of carbonyl (C=O) groups is 4. The Balaban J connectivity index is 2.92. The molecule has 0 saturated carbocycles. The van der Waals surface area contributed by atoms with Gasteiger partial charge in [0.1, 0.15) is 18.7 Å². The fourth-order valence-corrected chi connectivity index (χ4v) is 2.36. The molecule has 1 aromatic rings. The van der Waals surface area contributed by atoms with Crippen LogP contribution in [0, 0.1) is 11.8 Å². The number of aldehydes is 1. The van der Waals surface area contributed by atoms with Crippen LogP contribution in [0.1, 0.15) is 39.7 Å². The summed E-state index contributed by atoms with van der Waals surface area (Å²) in [6.45, 7) is 6.85. The Labute approximate surface area is 182 Å². The van der Waals surface area contributed by atoms with Crippen LogP contribution >= 0.6 is 0 Å². The summed E-state index contributed by atoms with van der Waals surface area (Å²) in [4.78, 5) is 48.5. The van der Waals surface area contributed by atoms with Crippen LogP contribution in [-0.4, -0.2) is 48.5 Å². The van der Waals surface area contributed by atoms with Crippen LogP contribution in [0.15, 0.2) is 30.3 Å². The van der Waals surface area contributed by atoms with E-state index < -0.39 is 48.6 Å². The van der Waals surface area contributed by atoms with Gasteiger partial charge in [-0.15, -0.1) is 0 Å². The Kier molecular flexibility index (Phi) is 10.8. The number of ether oxygens (including phenoxy) is 3. The molecule has 0 heterocycles. The van der Waals surface area contributed by atoms with Gasteiger partial charge in [-0.25, -0.2) is 0 Å². The molecule has 0 radical (unpaired) electrons. The van der Waals surface area contributed by atoms with Gasteiger partial charge in [-0.05, 0) is 17.4 Å². The third kappa shape index (κ3) is 8.85. The van der Waals surface area contributed by atoms with Gasteiger partial charge in [0, 0.05) is 0 Å². The van der Waals surface area contributed by atoms with Crippen molar-refractivity contribution in [3.63, 3.8) is 0 Å². The zero-order chi connectivity index (χ0) is 23.6. The second-order valence-electron chi connectivity index (χ2n) is 7.90. The van der Waals surface area contributed by atoms with Crippen molar-refractivity contribution >= 4 is 24.2 Å². The van der Waals surface area contributed by atoms with Crippen LogP contribution < -0.4 is 11.5 Å². The smallest absolute Gasteiger partial charge is 0.324 e. The van der Waals surface area contributed by atoms with E-state index in [1.165, 1.54) is 0 Å². The van der Waals surface area contributed by atoms with Crippen molar-refractivity contribution in [3.8, 4) is 0 Å². The molecule has 0 aliphatic carbocycles. The van der Waals surface area contributed by atoms with E-state index in [2.05, 4.69) is 0 Å². The number of hydrogen-bond donors (Lipinski definition) is 2. The van der Waals surface area contributed by atoms with E-state index in [0.717, 1.165) is 5.56 Å². The van der Waals surface area contributed by atoms with Gasteiger partial charge < -0.3 is 25.7 Å². The molecule has 0 aromatic heterocycles. The highest BCUT2D eigenvalue weighted by atomic mass is 16.6. The highest BCUT2D eigenvalue weighted by Gasteiger charge is 2.35. The Morgan fingerprint density at radius 3 is 1.90 bits per heavy atom. The van der Waals surface area contributed by atoms with Gasteiger partial charge in [-0.2, -0.15) is 0 Å². The van der Waals surface area contributed by atoms with Crippen LogP contribution in [0.4, 0.5) is 0 Å². The van der Waals surface area contributed by atoms with Crippen molar-refractivity contribution in [2.75, 3.05) is 0 Å². The predicted molar refractivity (Wildman–Crippen MR) is 112 cm³/mol. The van der Waals surface area contributed by atoms with Crippen molar-refractivity contribution < 1.29 is 33.4 Å². The van der Waals surface area contributed by atoms with Gasteiger partial charge in [0.25, 0.3) is 0 Å². The number of esters is 3. The third-order valence-corrected chi connectivity index (χ3v) is 4.61. The molecule has 172 valence electrons. The molecule has 1 aromatic carbocycles. The number of nitrogens with two attached hydrogens (primary N) is 2. The molecular formula is C22H32N2O7. The number of carbonyl (C=O) groups excluding carboxylic acids is 4. The molecule has 2 unspecified atom stereocenters. The first kappa shape index (κ1) is 26.3. The van der Waals surface area contributed by atoms with E-state index in [0.29, 0.717) is 0 Å². The average molecular weight is 437 g/mol. The first-order chi connectivity index (χ1) is 14.6. The highest BCUT2D eigenvalue weighted by molar-refractivity contribution is 5.80. The lowest BCUT2D eigenvalue weighted by atomic mass is 10.0. The van der Waals surface area contributed by atoms with E-state index in [-0.39, 0.29) is 24.7 Å². The molecule has 4 atom stereocenters. The molecule has 0 spiro atoms. The van der Waals surface area contributed by atoms with E-state index in [1.807, 2.05) is 6.07 Å². The van der Waals surface area contributed by atoms with Gasteiger partial charge >= 0.3 is 17.9 Å². The summed E-state index contributed by atoms with van der Waals surface area (Å²) < 4.78 is 15.6. The SMILES string of the molecule is CC(C)[C@H](N)C(=O)OC(C=O)C(CC(=O)OCc1ccccc1)OC(=O)[C@@H](N)C(C)C. The van der Waals surface area contributed by atoms with E-state index in [9.17, 15) is 19.2 Å². The van der Waals surface area contributed by atoms with Crippen LogP contribution in [0.2, 0.25) is 0 Å². The molecule has 1 rings (SSSR count). The summed E-state index contributed by atoms with van der Waals surface area (Å²) in [6.07, 6.45) is -3.16. The Hall–Kier alpha value is -2.78. The van der Waals surface area contributed by atoms with Crippen LogP contribution in [0.25, 0.3) is 0 Å². The normalized spacial score (nSPS) is 15.0. The molecule has 31 heavy (non-hydrogen) atoms. The van der Waals surface area contributed by atoms with Gasteiger partial charge in [0.05, 0.1) is 6.42 Å². The Morgan fingerprint density at radius 1 is 0.903 bits per heavy atom. The zero-order valence-electron chi connectivity index (χ0n) is 18.4. The summed E-state index contributed by atoms with van der Waals surface area (Å²) in [5.74, 6) is -2.91. The molecule has 0 aliphatic heterocycles. The lowest BCUT2D eigenvalue weighted by molar-refractivity contribution is -0.175. The highest BCUT2D eigenvalue weighted by Crippen LogP contribution is 2.14. The second-order valence-corrected chi connectivity index (χ2v) is 7.90. The Morgan fingerprint density at radius 2 is 1.42 bits per heavy atom. The fourth-order valence-electron chi connectivity index (χ4n) is 2.36. The lowest BCUT2D eigenvalue weighted by Gasteiger charge is -2.26. The number of benzene rings is 1.